The zero-order chi connectivity index (χ0) is 9.14. The van der Waals surface area contributed by atoms with Gasteiger partial charge in [0.2, 0.25) is 0 Å². The van der Waals surface area contributed by atoms with Gasteiger partial charge in [-0.2, -0.15) is 0 Å². The molecule has 1 rings (SSSR count). The van der Waals surface area contributed by atoms with Crippen LogP contribution in [0.4, 0.5) is 0 Å². The second kappa shape index (κ2) is 4.26. The number of benzene rings is 1. The van der Waals surface area contributed by atoms with E-state index in [9.17, 15) is 4.79 Å². The normalized spacial score (nSPS) is 12.6. The molecule has 0 heterocycles. The maximum Gasteiger partial charge on any atom is 0.191 e. The Morgan fingerprint density at radius 2 is 2.17 bits per heavy atom. The second-order valence-electron chi connectivity index (χ2n) is 2.18. The number of alkyl halides is 2. The summed E-state index contributed by atoms with van der Waals surface area (Å²) in [4.78, 5) is 11.3. The second-order valence-corrected chi connectivity index (χ2v) is 4.49. The zero-order valence-corrected chi connectivity index (χ0v) is 9.03. The summed E-state index contributed by atoms with van der Waals surface area (Å²) in [7, 11) is 0. The Labute approximate surface area is 88.8 Å². The highest BCUT2D eigenvalue weighted by Gasteiger charge is 2.13. The minimum atomic E-state index is -0.684. The van der Waals surface area contributed by atoms with E-state index in [2.05, 4.69) is 15.9 Å². The van der Waals surface area contributed by atoms with Crippen molar-refractivity contribution in [2.24, 2.45) is 0 Å². The predicted molar refractivity (Wildman–Crippen MR) is 54.4 cm³/mol. The lowest BCUT2D eigenvalue weighted by Crippen LogP contribution is -2.06. The van der Waals surface area contributed by atoms with Gasteiger partial charge in [-0.15, -0.1) is 11.6 Å². The smallest absolute Gasteiger partial charge is 0.191 e. The van der Waals surface area contributed by atoms with Crippen LogP contribution >= 0.6 is 39.1 Å². The molecule has 0 aliphatic carbocycles. The van der Waals surface area contributed by atoms with Crippen molar-refractivity contribution in [3.8, 4) is 0 Å². The molecule has 1 aromatic carbocycles. The van der Waals surface area contributed by atoms with Crippen LogP contribution in [-0.2, 0) is 0 Å². The highest BCUT2D eigenvalue weighted by molar-refractivity contribution is 9.10. The van der Waals surface area contributed by atoms with Crippen LogP contribution in [0.5, 0.6) is 0 Å². The maximum absolute atomic E-state index is 11.3. The van der Waals surface area contributed by atoms with Crippen LogP contribution < -0.4 is 0 Å². The zero-order valence-electron chi connectivity index (χ0n) is 5.93. The molecule has 0 spiro atoms. The molecule has 1 nitrogen and oxygen atoms in total. The summed E-state index contributed by atoms with van der Waals surface area (Å²) in [6.45, 7) is 0. The molecule has 0 saturated heterocycles. The molecular weight excluding hydrogens is 263 g/mol. The van der Waals surface area contributed by atoms with Gasteiger partial charge >= 0.3 is 0 Å². The molecule has 0 bridgehead atoms. The van der Waals surface area contributed by atoms with Crippen molar-refractivity contribution in [3.05, 3.63) is 34.9 Å². The number of hydrogen-bond donors (Lipinski definition) is 0. The van der Waals surface area contributed by atoms with E-state index < -0.39 is 4.29 Å². The predicted octanol–water partition coefficient (Wildman–Crippen LogP) is 3.48. The third kappa shape index (κ3) is 2.47. The van der Waals surface area contributed by atoms with E-state index in [1.807, 2.05) is 0 Å². The Balaban J connectivity index is 2.96. The van der Waals surface area contributed by atoms with Crippen molar-refractivity contribution < 1.29 is 4.79 Å². The summed E-state index contributed by atoms with van der Waals surface area (Å²) in [5, 5.41) is 0.533. The maximum atomic E-state index is 11.3. The van der Waals surface area contributed by atoms with Gasteiger partial charge in [0.25, 0.3) is 0 Å². The molecule has 0 radical (unpaired) electrons. The molecule has 0 amide bonds. The minimum absolute atomic E-state index is 0.181. The van der Waals surface area contributed by atoms with Crippen LogP contribution in [0.25, 0.3) is 0 Å². The summed E-state index contributed by atoms with van der Waals surface area (Å²) in [6, 6.07) is 6.67. The Bertz CT molecular complexity index is 299. The Hall–Kier alpha value is -0.0500. The number of ketones is 1. The number of carbonyl (C=O) groups is 1. The summed E-state index contributed by atoms with van der Waals surface area (Å²) in [5.41, 5.74) is 0.513. The van der Waals surface area contributed by atoms with Crippen LogP contribution in [0.3, 0.4) is 0 Å². The highest BCUT2D eigenvalue weighted by atomic mass is 79.9. The molecule has 0 fully saturated rings. The molecule has 64 valence electrons. The van der Waals surface area contributed by atoms with E-state index in [1.165, 1.54) is 0 Å². The van der Waals surface area contributed by atoms with Crippen molar-refractivity contribution in [3.63, 3.8) is 0 Å². The first kappa shape index (κ1) is 10.0. The third-order valence-electron chi connectivity index (χ3n) is 1.31. The van der Waals surface area contributed by atoms with Gasteiger partial charge in [0.1, 0.15) is 0 Å². The molecular formula is C8H5BrCl2O. The molecule has 0 aromatic heterocycles. The van der Waals surface area contributed by atoms with Gasteiger partial charge < -0.3 is 0 Å². The van der Waals surface area contributed by atoms with Crippen molar-refractivity contribution in [2.75, 3.05) is 0 Å². The molecule has 1 aromatic rings. The fourth-order valence-corrected chi connectivity index (χ4v) is 1.35. The summed E-state index contributed by atoms with van der Waals surface area (Å²) in [6.07, 6.45) is 0. The standard InChI is InChI=1S/C8H5BrCl2O/c9-8(11)7(12)5-2-1-3-6(10)4-5/h1-4,8H. The number of rotatable bonds is 2. The lowest BCUT2D eigenvalue weighted by atomic mass is 10.1. The number of carbonyl (C=O) groups excluding carboxylic acids is 1. The van der Waals surface area contributed by atoms with Crippen molar-refractivity contribution in [2.45, 2.75) is 4.29 Å². The molecule has 4 heteroatoms. The minimum Gasteiger partial charge on any atom is -0.292 e. The van der Waals surface area contributed by atoms with E-state index in [-0.39, 0.29) is 5.78 Å². The van der Waals surface area contributed by atoms with Crippen LogP contribution in [0.1, 0.15) is 10.4 Å². The van der Waals surface area contributed by atoms with Gasteiger partial charge in [-0.1, -0.05) is 39.7 Å². The SMILES string of the molecule is O=C(c1cccc(Cl)c1)C(Cl)Br. The third-order valence-corrected chi connectivity index (χ3v) is 2.16. The van der Waals surface area contributed by atoms with Gasteiger partial charge in [-0.05, 0) is 12.1 Å². The number of hydrogen-bond acceptors (Lipinski definition) is 1. The summed E-state index contributed by atoms with van der Waals surface area (Å²) >= 11 is 14.2. The van der Waals surface area contributed by atoms with E-state index in [0.29, 0.717) is 10.6 Å². The Kier molecular flexibility index (Phi) is 3.56. The number of Topliss-reactive ketones (excluding diaryl/α,β-unsaturated/α-hetero) is 1. The van der Waals surface area contributed by atoms with E-state index in [4.69, 9.17) is 23.2 Å². The molecule has 1 unspecified atom stereocenters. The van der Waals surface area contributed by atoms with Gasteiger partial charge in [0.15, 0.2) is 10.1 Å². The highest BCUT2D eigenvalue weighted by Crippen LogP contribution is 2.16. The Morgan fingerprint density at radius 1 is 1.50 bits per heavy atom. The van der Waals surface area contributed by atoms with Crippen LogP contribution in [0, 0.1) is 0 Å². The topological polar surface area (TPSA) is 17.1 Å². The monoisotopic (exact) mass is 266 g/mol. The van der Waals surface area contributed by atoms with Gasteiger partial charge in [-0.3, -0.25) is 4.79 Å². The van der Waals surface area contributed by atoms with Crippen molar-refractivity contribution in [1.82, 2.24) is 0 Å². The molecule has 0 aliphatic rings. The molecule has 0 N–H and O–H groups in total. The average Bonchev–Trinajstić information content (AvgIpc) is 2.03. The molecule has 0 saturated carbocycles. The fraction of sp³-hybridized carbons (Fsp3) is 0.125. The van der Waals surface area contributed by atoms with Crippen LogP contribution in [0.2, 0.25) is 5.02 Å². The summed E-state index contributed by atoms with van der Waals surface area (Å²) in [5.74, 6) is -0.181. The first-order chi connectivity index (χ1) is 5.61. The molecule has 12 heavy (non-hydrogen) atoms. The first-order valence-electron chi connectivity index (χ1n) is 3.19. The quantitative estimate of drug-likeness (QED) is 0.592. The lowest BCUT2D eigenvalue weighted by molar-refractivity contribution is 0.101. The number of halogens is 3. The van der Waals surface area contributed by atoms with Crippen LogP contribution in [0.15, 0.2) is 24.3 Å². The first-order valence-corrected chi connectivity index (χ1v) is 4.92. The van der Waals surface area contributed by atoms with Gasteiger partial charge in [0.05, 0.1) is 0 Å². The largest absolute Gasteiger partial charge is 0.292 e. The van der Waals surface area contributed by atoms with Crippen molar-refractivity contribution >= 4 is 44.9 Å². The van der Waals surface area contributed by atoms with Gasteiger partial charge in [0, 0.05) is 10.6 Å². The van der Waals surface area contributed by atoms with Gasteiger partial charge in [-0.25, -0.2) is 0 Å². The summed E-state index contributed by atoms with van der Waals surface area (Å²) < 4.78 is -0.684. The van der Waals surface area contributed by atoms with E-state index >= 15 is 0 Å². The average molecular weight is 268 g/mol. The van der Waals surface area contributed by atoms with E-state index in [1.54, 1.807) is 24.3 Å². The molecule has 0 aliphatic heterocycles. The van der Waals surface area contributed by atoms with E-state index in [0.717, 1.165) is 0 Å². The molecule has 1 atom stereocenters. The van der Waals surface area contributed by atoms with Crippen LogP contribution in [-0.4, -0.2) is 10.1 Å². The fourth-order valence-electron chi connectivity index (χ4n) is 0.768. The lowest BCUT2D eigenvalue weighted by Gasteiger charge is -2.00. The Morgan fingerprint density at radius 3 is 2.67 bits per heavy atom. The van der Waals surface area contributed by atoms with Crippen molar-refractivity contribution in [1.29, 1.82) is 0 Å².